The fourth-order valence-corrected chi connectivity index (χ4v) is 5.58. The van der Waals surface area contributed by atoms with Crippen LogP contribution in [-0.4, -0.2) is 60.7 Å². The van der Waals surface area contributed by atoms with Crippen molar-refractivity contribution in [1.82, 2.24) is 14.2 Å². The van der Waals surface area contributed by atoms with E-state index in [0.29, 0.717) is 42.4 Å². The molecule has 1 aromatic heterocycles. The fourth-order valence-electron chi connectivity index (χ4n) is 3.87. The SMILES string of the molecule is Cc1cnc2c(S(=O)(=O)N3CCN(C(C)C(=O)Nc4ccc(Cl)cc4)CC3)cccc2c1. The van der Waals surface area contributed by atoms with Gasteiger partial charge in [0.05, 0.1) is 11.6 Å². The summed E-state index contributed by atoms with van der Waals surface area (Å²) in [5.74, 6) is -0.141. The Balaban J connectivity index is 1.44. The number of aryl methyl sites for hydroxylation is 1. The third-order valence-electron chi connectivity index (χ3n) is 5.74. The molecule has 0 radical (unpaired) electrons. The molecule has 1 aliphatic heterocycles. The van der Waals surface area contributed by atoms with Gasteiger partial charge in [-0.2, -0.15) is 4.31 Å². The first-order valence-electron chi connectivity index (χ1n) is 10.4. The van der Waals surface area contributed by atoms with Gasteiger partial charge in [0.15, 0.2) is 0 Å². The molecule has 1 atom stereocenters. The first-order valence-corrected chi connectivity index (χ1v) is 12.2. The van der Waals surface area contributed by atoms with E-state index in [9.17, 15) is 13.2 Å². The molecule has 9 heteroatoms. The van der Waals surface area contributed by atoms with E-state index < -0.39 is 16.1 Å². The summed E-state index contributed by atoms with van der Waals surface area (Å²) in [7, 11) is -3.69. The number of pyridine rings is 1. The van der Waals surface area contributed by atoms with Crippen molar-refractivity contribution in [3.8, 4) is 0 Å². The highest BCUT2D eigenvalue weighted by atomic mass is 35.5. The average Bonchev–Trinajstić information content (AvgIpc) is 2.79. The lowest BCUT2D eigenvalue weighted by molar-refractivity contribution is -0.121. The molecule has 1 N–H and O–H groups in total. The molecule has 4 rings (SSSR count). The van der Waals surface area contributed by atoms with E-state index in [4.69, 9.17) is 11.6 Å². The second-order valence-electron chi connectivity index (χ2n) is 7.95. The molecule has 1 unspecified atom stereocenters. The number of benzene rings is 2. The Kier molecular flexibility index (Phi) is 6.48. The van der Waals surface area contributed by atoms with Gasteiger partial charge in [-0.3, -0.25) is 14.7 Å². The summed E-state index contributed by atoms with van der Waals surface area (Å²) in [6.07, 6.45) is 1.68. The number of para-hydroxylation sites is 1. The number of amides is 1. The number of sulfonamides is 1. The molecule has 0 bridgehead atoms. The molecule has 2 aromatic carbocycles. The largest absolute Gasteiger partial charge is 0.325 e. The van der Waals surface area contributed by atoms with Crippen molar-refractivity contribution >= 4 is 44.1 Å². The van der Waals surface area contributed by atoms with Gasteiger partial charge in [-0.25, -0.2) is 8.42 Å². The van der Waals surface area contributed by atoms with Gasteiger partial charge in [0.25, 0.3) is 0 Å². The highest BCUT2D eigenvalue weighted by Crippen LogP contribution is 2.26. The maximum Gasteiger partial charge on any atom is 0.245 e. The number of hydrogen-bond donors (Lipinski definition) is 1. The minimum absolute atomic E-state index is 0.141. The molecular formula is C23H25ClN4O3S. The molecular weight excluding hydrogens is 448 g/mol. The monoisotopic (exact) mass is 472 g/mol. The van der Waals surface area contributed by atoms with Gasteiger partial charge in [0.1, 0.15) is 4.90 Å². The maximum atomic E-state index is 13.3. The minimum Gasteiger partial charge on any atom is -0.325 e. The second kappa shape index (κ2) is 9.15. The first-order chi connectivity index (χ1) is 15.3. The number of carbonyl (C=O) groups excluding carboxylic acids is 1. The molecule has 0 spiro atoms. The van der Waals surface area contributed by atoms with Gasteiger partial charge in [-0.05, 0) is 55.8 Å². The van der Waals surface area contributed by atoms with E-state index in [1.807, 2.05) is 30.9 Å². The van der Waals surface area contributed by atoms with Crippen molar-refractivity contribution < 1.29 is 13.2 Å². The third-order valence-corrected chi connectivity index (χ3v) is 7.92. The summed E-state index contributed by atoms with van der Waals surface area (Å²) in [5.41, 5.74) is 2.13. The zero-order chi connectivity index (χ0) is 22.9. The number of anilines is 1. The summed E-state index contributed by atoms with van der Waals surface area (Å²) in [6, 6.07) is 13.7. The predicted molar refractivity (Wildman–Crippen MR) is 126 cm³/mol. The van der Waals surface area contributed by atoms with Crippen molar-refractivity contribution in [3.63, 3.8) is 0 Å². The molecule has 7 nitrogen and oxygen atoms in total. The van der Waals surface area contributed by atoms with E-state index in [0.717, 1.165) is 10.9 Å². The number of halogens is 1. The van der Waals surface area contributed by atoms with Crippen molar-refractivity contribution in [2.45, 2.75) is 24.8 Å². The Morgan fingerprint density at radius 3 is 2.47 bits per heavy atom. The number of nitrogens with one attached hydrogen (secondary N) is 1. The van der Waals surface area contributed by atoms with E-state index in [2.05, 4.69) is 10.3 Å². The first kappa shape index (κ1) is 22.7. The Labute approximate surface area is 193 Å². The summed E-state index contributed by atoms with van der Waals surface area (Å²) in [4.78, 5) is 19.2. The van der Waals surface area contributed by atoms with Crippen molar-refractivity contribution in [2.24, 2.45) is 0 Å². The zero-order valence-corrected chi connectivity index (χ0v) is 19.5. The topological polar surface area (TPSA) is 82.6 Å². The Morgan fingerprint density at radius 1 is 1.09 bits per heavy atom. The standard InChI is InChI=1S/C23H25ClN4O3S/c1-16-14-18-4-3-5-21(22(18)25-15-16)32(30,31)28-12-10-27(11-13-28)17(2)23(29)26-20-8-6-19(24)7-9-20/h3-9,14-15,17H,10-13H2,1-2H3,(H,26,29). The van der Waals surface area contributed by atoms with Crippen LogP contribution in [0.4, 0.5) is 5.69 Å². The number of fused-ring (bicyclic) bond motifs is 1. The van der Waals surface area contributed by atoms with Gasteiger partial charge in [0.2, 0.25) is 15.9 Å². The summed E-state index contributed by atoms with van der Waals surface area (Å²) in [5, 5.41) is 4.28. The molecule has 0 saturated carbocycles. The van der Waals surface area contributed by atoms with Crippen LogP contribution in [0.15, 0.2) is 59.6 Å². The smallest absolute Gasteiger partial charge is 0.245 e. The van der Waals surface area contributed by atoms with Gasteiger partial charge in [-0.15, -0.1) is 0 Å². The number of piperazine rings is 1. The van der Waals surface area contributed by atoms with Gasteiger partial charge < -0.3 is 5.32 Å². The average molecular weight is 473 g/mol. The van der Waals surface area contributed by atoms with Crippen LogP contribution in [0.5, 0.6) is 0 Å². The van der Waals surface area contributed by atoms with E-state index in [-0.39, 0.29) is 10.8 Å². The molecule has 2 heterocycles. The van der Waals surface area contributed by atoms with Gasteiger partial charge in [0, 0.05) is 48.5 Å². The van der Waals surface area contributed by atoms with Gasteiger partial charge >= 0.3 is 0 Å². The molecule has 32 heavy (non-hydrogen) atoms. The predicted octanol–water partition coefficient (Wildman–Crippen LogP) is 3.53. The Bertz CT molecular complexity index is 1240. The highest BCUT2D eigenvalue weighted by Gasteiger charge is 2.33. The summed E-state index contributed by atoms with van der Waals surface area (Å²) < 4.78 is 28.2. The quantitative estimate of drug-likeness (QED) is 0.614. The number of hydrogen-bond acceptors (Lipinski definition) is 5. The molecule has 3 aromatic rings. The number of aromatic nitrogens is 1. The summed E-state index contributed by atoms with van der Waals surface area (Å²) >= 11 is 5.89. The third kappa shape index (κ3) is 4.63. The van der Waals surface area contributed by atoms with Crippen molar-refractivity contribution in [1.29, 1.82) is 0 Å². The van der Waals surface area contributed by atoms with Crippen LogP contribution in [0.2, 0.25) is 5.02 Å². The fraction of sp³-hybridized carbons (Fsp3) is 0.304. The Morgan fingerprint density at radius 2 is 1.78 bits per heavy atom. The van der Waals surface area contributed by atoms with Gasteiger partial charge in [-0.1, -0.05) is 23.7 Å². The normalized spacial score (nSPS) is 16.7. The van der Waals surface area contributed by atoms with Crippen LogP contribution >= 0.6 is 11.6 Å². The van der Waals surface area contributed by atoms with E-state index in [1.54, 1.807) is 42.6 Å². The molecule has 0 aliphatic carbocycles. The van der Waals surface area contributed by atoms with Crippen LogP contribution in [-0.2, 0) is 14.8 Å². The van der Waals surface area contributed by atoms with Crippen molar-refractivity contribution in [2.75, 3.05) is 31.5 Å². The van der Waals surface area contributed by atoms with E-state index >= 15 is 0 Å². The van der Waals surface area contributed by atoms with Crippen LogP contribution < -0.4 is 5.32 Å². The second-order valence-corrected chi connectivity index (χ2v) is 10.3. The van der Waals surface area contributed by atoms with Crippen molar-refractivity contribution in [3.05, 3.63) is 65.3 Å². The molecule has 1 aliphatic rings. The lowest BCUT2D eigenvalue weighted by Crippen LogP contribution is -2.53. The van der Waals surface area contributed by atoms with Crippen LogP contribution in [0, 0.1) is 6.92 Å². The maximum absolute atomic E-state index is 13.3. The molecule has 1 saturated heterocycles. The number of rotatable bonds is 5. The minimum atomic E-state index is -3.69. The molecule has 1 amide bonds. The number of carbonyl (C=O) groups is 1. The van der Waals surface area contributed by atoms with Crippen LogP contribution in [0.1, 0.15) is 12.5 Å². The van der Waals surface area contributed by atoms with Crippen LogP contribution in [0.25, 0.3) is 10.9 Å². The van der Waals surface area contributed by atoms with Crippen LogP contribution in [0.3, 0.4) is 0 Å². The number of nitrogens with zero attached hydrogens (tertiary/aromatic N) is 3. The summed E-state index contributed by atoms with van der Waals surface area (Å²) in [6.45, 7) is 5.30. The molecule has 168 valence electrons. The Hall–Kier alpha value is -2.52. The van der Waals surface area contributed by atoms with E-state index in [1.165, 1.54) is 4.31 Å². The zero-order valence-electron chi connectivity index (χ0n) is 18.0. The molecule has 1 fully saturated rings. The lowest BCUT2D eigenvalue weighted by atomic mass is 10.2. The lowest BCUT2D eigenvalue weighted by Gasteiger charge is -2.36. The highest BCUT2D eigenvalue weighted by molar-refractivity contribution is 7.89.